The van der Waals surface area contributed by atoms with Gasteiger partial charge in [0.25, 0.3) is 0 Å². The Balaban J connectivity index is 0.000000168. The summed E-state index contributed by atoms with van der Waals surface area (Å²) in [5, 5.41) is 22.8. The highest BCUT2D eigenvalue weighted by Crippen LogP contribution is 2.51. The second kappa shape index (κ2) is 9.18. The standard InChI is InChI=1S/C16H19FN2O4.C11H10F2O2/c1-16(2)14-4-9-3-12(18-8-21)11(17)5-13(9)19(14)6-10(7-20)23-15(16)22;1-10(4-5-10)7-2-3-8-9(6-7)15-11(12,13)14-8/h3-5,8,10,15,20,22H,6-7H2,1-2H3,(H,18,21);2-3,6H,4-5H2,1H3. The zero-order valence-electron chi connectivity index (χ0n) is 21.1. The summed E-state index contributed by atoms with van der Waals surface area (Å²) < 4.78 is 55.7. The van der Waals surface area contributed by atoms with Gasteiger partial charge in [-0.15, -0.1) is 8.78 Å². The van der Waals surface area contributed by atoms with E-state index in [1.807, 2.05) is 30.5 Å². The van der Waals surface area contributed by atoms with Gasteiger partial charge in [0, 0.05) is 17.1 Å². The van der Waals surface area contributed by atoms with Crippen molar-refractivity contribution in [2.24, 2.45) is 0 Å². The highest BCUT2D eigenvalue weighted by molar-refractivity contribution is 5.88. The van der Waals surface area contributed by atoms with Gasteiger partial charge in [-0.25, -0.2) is 4.39 Å². The molecule has 1 fully saturated rings. The minimum absolute atomic E-state index is 0.0987. The van der Waals surface area contributed by atoms with Crippen LogP contribution >= 0.6 is 0 Å². The Morgan fingerprint density at radius 1 is 1.11 bits per heavy atom. The van der Waals surface area contributed by atoms with Crippen LogP contribution in [-0.4, -0.2) is 46.5 Å². The van der Waals surface area contributed by atoms with Crippen LogP contribution in [0.25, 0.3) is 10.9 Å². The van der Waals surface area contributed by atoms with Crippen LogP contribution < -0.4 is 14.8 Å². The Hall–Kier alpha value is -3.28. The van der Waals surface area contributed by atoms with E-state index in [4.69, 9.17) is 4.74 Å². The van der Waals surface area contributed by atoms with Crippen molar-refractivity contribution in [3.05, 3.63) is 53.5 Å². The SMILES string of the molecule is CC1(C)c2cc3cc(NC=O)c(F)cc3n2CC(CO)OC1O.CC1(c2ccc3c(c2)OC(F)(F)O3)CC1. The minimum atomic E-state index is -3.51. The molecule has 2 aliphatic heterocycles. The van der Waals surface area contributed by atoms with E-state index in [1.165, 1.54) is 6.07 Å². The maximum Gasteiger partial charge on any atom is 0.586 e. The van der Waals surface area contributed by atoms with Gasteiger partial charge in [-0.2, -0.15) is 0 Å². The number of aliphatic hydroxyl groups excluding tert-OH is 2. The van der Waals surface area contributed by atoms with Crippen molar-refractivity contribution in [1.29, 1.82) is 0 Å². The largest absolute Gasteiger partial charge is 0.586 e. The van der Waals surface area contributed by atoms with Gasteiger partial charge in [0.15, 0.2) is 17.8 Å². The lowest BCUT2D eigenvalue weighted by Gasteiger charge is -2.29. The molecule has 3 heterocycles. The van der Waals surface area contributed by atoms with E-state index in [9.17, 15) is 28.2 Å². The molecule has 1 saturated carbocycles. The first kappa shape index (κ1) is 26.3. The number of amides is 1. The summed E-state index contributed by atoms with van der Waals surface area (Å²) in [5.74, 6) is -0.284. The number of alkyl halides is 2. The van der Waals surface area contributed by atoms with Gasteiger partial charge in [0.1, 0.15) is 11.9 Å². The van der Waals surface area contributed by atoms with Crippen LogP contribution in [0, 0.1) is 5.82 Å². The molecule has 3 aromatic rings. The summed E-state index contributed by atoms with van der Waals surface area (Å²) in [5.41, 5.74) is 1.95. The molecule has 2 unspecified atom stereocenters. The number of hydrogen-bond acceptors (Lipinski definition) is 6. The van der Waals surface area contributed by atoms with E-state index < -0.39 is 29.9 Å². The molecule has 1 aromatic heterocycles. The molecule has 2 atom stereocenters. The highest BCUT2D eigenvalue weighted by atomic mass is 19.3. The van der Waals surface area contributed by atoms with Gasteiger partial charge in [0.2, 0.25) is 6.41 Å². The van der Waals surface area contributed by atoms with E-state index in [1.54, 1.807) is 18.2 Å². The summed E-state index contributed by atoms with van der Waals surface area (Å²) in [6.07, 6.45) is -2.56. The van der Waals surface area contributed by atoms with Crippen LogP contribution in [-0.2, 0) is 26.9 Å². The van der Waals surface area contributed by atoms with Gasteiger partial charge < -0.3 is 34.3 Å². The molecular formula is C27H29F3N2O6. The summed E-state index contributed by atoms with van der Waals surface area (Å²) >= 11 is 0. The number of carbonyl (C=O) groups excluding carboxylic acids is 1. The molecule has 0 bridgehead atoms. The number of nitrogens with zero attached hydrogens (tertiary/aromatic N) is 1. The van der Waals surface area contributed by atoms with Crippen LogP contribution in [0.2, 0.25) is 0 Å². The molecule has 38 heavy (non-hydrogen) atoms. The Bertz CT molecular complexity index is 1380. The van der Waals surface area contributed by atoms with E-state index in [0.717, 1.165) is 29.5 Å². The number of fused-ring (bicyclic) bond motifs is 4. The third kappa shape index (κ3) is 4.70. The summed E-state index contributed by atoms with van der Waals surface area (Å²) in [6.45, 7) is 5.81. The summed E-state index contributed by atoms with van der Waals surface area (Å²) in [6, 6.07) is 9.77. The molecule has 1 aliphatic carbocycles. The number of nitrogens with one attached hydrogen (secondary N) is 1. The van der Waals surface area contributed by atoms with Crippen LogP contribution in [0.3, 0.4) is 0 Å². The lowest BCUT2D eigenvalue weighted by atomic mass is 9.88. The first-order valence-corrected chi connectivity index (χ1v) is 12.2. The number of carbonyl (C=O) groups is 1. The number of halogens is 3. The van der Waals surface area contributed by atoms with E-state index in [-0.39, 0.29) is 29.2 Å². The maximum atomic E-state index is 14.1. The number of aromatic nitrogens is 1. The van der Waals surface area contributed by atoms with Crippen molar-refractivity contribution in [1.82, 2.24) is 4.57 Å². The fourth-order valence-corrected chi connectivity index (χ4v) is 4.82. The number of ether oxygens (including phenoxy) is 3. The Labute approximate surface area is 216 Å². The van der Waals surface area contributed by atoms with Gasteiger partial charge in [-0.1, -0.05) is 13.0 Å². The molecule has 11 heteroatoms. The molecule has 204 valence electrons. The van der Waals surface area contributed by atoms with Crippen LogP contribution in [0.1, 0.15) is 44.9 Å². The Morgan fingerprint density at radius 2 is 1.82 bits per heavy atom. The van der Waals surface area contributed by atoms with Gasteiger partial charge in [-0.05, 0) is 61.9 Å². The molecule has 1 amide bonds. The van der Waals surface area contributed by atoms with Crippen molar-refractivity contribution in [3.8, 4) is 11.5 Å². The van der Waals surface area contributed by atoms with Crippen LogP contribution in [0.5, 0.6) is 11.5 Å². The Morgan fingerprint density at radius 3 is 2.47 bits per heavy atom. The second-order valence-corrected chi connectivity index (χ2v) is 10.7. The van der Waals surface area contributed by atoms with Crippen LogP contribution in [0.15, 0.2) is 36.4 Å². The molecule has 6 rings (SSSR count). The first-order valence-electron chi connectivity index (χ1n) is 12.2. The zero-order chi connectivity index (χ0) is 27.5. The number of rotatable bonds is 4. The van der Waals surface area contributed by atoms with E-state index in [0.29, 0.717) is 18.5 Å². The fourth-order valence-electron chi connectivity index (χ4n) is 4.82. The molecular weight excluding hydrogens is 505 g/mol. The summed E-state index contributed by atoms with van der Waals surface area (Å²) in [4.78, 5) is 10.6. The van der Waals surface area contributed by atoms with E-state index in [2.05, 4.69) is 21.7 Å². The second-order valence-electron chi connectivity index (χ2n) is 10.7. The van der Waals surface area contributed by atoms with Gasteiger partial charge >= 0.3 is 6.29 Å². The predicted molar refractivity (Wildman–Crippen MR) is 132 cm³/mol. The fraction of sp³-hybridized carbons (Fsp3) is 0.444. The third-order valence-corrected chi connectivity index (χ3v) is 7.49. The summed E-state index contributed by atoms with van der Waals surface area (Å²) in [7, 11) is 0. The molecule has 0 saturated heterocycles. The molecule has 8 nitrogen and oxygen atoms in total. The smallest absolute Gasteiger partial charge is 0.395 e. The average molecular weight is 535 g/mol. The average Bonchev–Trinajstić information content (AvgIpc) is 3.41. The molecule has 3 N–H and O–H groups in total. The maximum absolute atomic E-state index is 14.1. The highest BCUT2D eigenvalue weighted by Gasteiger charge is 2.45. The van der Waals surface area contributed by atoms with Crippen molar-refractivity contribution in [2.75, 3.05) is 11.9 Å². The number of hydrogen-bond donors (Lipinski definition) is 3. The van der Waals surface area contributed by atoms with Crippen molar-refractivity contribution >= 4 is 23.0 Å². The normalized spacial score (nSPS) is 23.6. The van der Waals surface area contributed by atoms with Gasteiger partial charge in [-0.3, -0.25) is 4.79 Å². The lowest BCUT2D eigenvalue weighted by Crippen LogP contribution is -2.37. The zero-order valence-corrected chi connectivity index (χ0v) is 21.1. The van der Waals surface area contributed by atoms with Crippen molar-refractivity contribution in [2.45, 2.75) is 69.7 Å². The monoisotopic (exact) mass is 534 g/mol. The molecule has 2 aromatic carbocycles. The van der Waals surface area contributed by atoms with Crippen LogP contribution in [0.4, 0.5) is 18.9 Å². The van der Waals surface area contributed by atoms with Gasteiger partial charge in [0.05, 0.1) is 29.8 Å². The quantitative estimate of drug-likeness (QED) is 0.429. The topological polar surface area (TPSA) is 102 Å². The Kier molecular flexibility index (Phi) is 6.36. The van der Waals surface area contributed by atoms with Crippen molar-refractivity contribution in [3.63, 3.8) is 0 Å². The molecule has 3 aliphatic rings. The molecule has 0 radical (unpaired) electrons. The minimum Gasteiger partial charge on any atom is -0.395 e. The lowest BCUT2D eigenvalue weighted by molar-refractivity contribution is -0.286. The molecule has 0 spiro atoms. The van der Waals surface area contributed by atoms with Crippen molar-refractivity contribution < 1.29 is 42.4 Å². The first-order chi connectivity index (χ1) is 17.9. The number of anilines is 1. The third-order valence-electron chi connectivity index (χ3n) is 7.49. The predicted octanol–water partition coefficient (Wildman–Crippen LogP) is 4.40. The number of benzene rings is 2. The number of aliphatic hydroxyl groups is 2. The van der Waals surface area contributed by atoms with E-state index >= 15 is 0 Å².